The normalized spacial score (nSPS) is 9.93. The summed E-state index contributed by atoms with van der Waals surface area (Å²) in [6.45, 7) is 0. The zero-order valence-corrected chi connectivity index (χ0v) is 8.81. The molecule has 15 heavy (non-hydrogen) atoms. The van der Waals surface area contributed by atoms with Crippen molar-refractivity contribution in [2.75, 3.05) is 11.9 Å². The van der Waals surface area contributed by atoms with Gasteiger partial charge in [-0.1, -0.05) is 0 Å². The SMILES string of the molecule is CN(C(=O)c1cnccn1)c1nccs1. The molecular formula is C9H8N4OS. The van der Waals surface area contributed by atoms with Crippen LogP contribution in [0.5, 0.6) is 0 Å². The van der Waals surface area contributed by atoms with Crippen molar-refractivity contribution in [2.24, 2.45) is 0 Å². The highest BCUT2D eigenvalue weighted by Crippen LogP contribution is 2.16. The summed E-state index contributed by atoms with van der Waals surface area (Å²) >= 11 is 1.40. The van der Waals surface area contributed by atoms with E-state index < -0.39 is 0 Å². The Hall–Kier alpha value is -1.82. The van der Waals surface area contributed by atoms with Crippen LogP contribution in [0.15, 0.2) is 30.2 Å². The van der Waals surface area contributed by atoms with Crippen molar-refractivity contribution in [1.82, 2.24) is 15.0 Å². The first-order valence-corrected chi connectivity index (χ1v) is 5.10. The molecule has 5 nitrogen and oxygen atoms in total. The Morgan fingerprint density at radius 3 is 2.80 bits per heavy atom. The maximum absolute atomic E-state index is 11.8. The lowest BCUT2D eigenvalue weighted by Crippen LogP contribution is -2.26. The highest BCUT2D eigenvalue weighted by molar-refractivity contribution is 7.13. The van der Waals surface area contributed by atoms with Gasteiger partial charge in [0.2, 0.25) is 0 Å². The molecule has 0 spiro atoms. The van der Waals surface area contributed by atoms with Crippen molar-refractivity contribution >= 4 is 22.4 Å². The zero-order chi connectivity index (χ0) is 10.7. The van der Waals surface area contributed by atoms with Gasteiger partial charge in [0.15, 0.2) is 5.13 Å². The Kier molecular flexibility index (Phi) is 2.68. The lowest BCUT2D eigenvalue weighted by molar-refractivity contribution is 0.0988. The third-order valence-corrected chi connectivity index (χ3v) is 2.64. The van der Waals surface area contributed by atoms with Gasteiger partial charge in [-0.25, -0.2) is 9.97 Å². The van der Waals surface area contributed by atoms with Crippen LogP contribution in [0, 0.1) is 0 Å². The monoisotopic (exact) mass is 220 g/mol. The van der Waals surface area contributed by atoms with Gasteiger partial charge in [-0.15, -0.1) is 11.3 Å². The van der Waals surface area contributed by atoms with E-state index in [1.807, 2.05) is 5.38 Å². The van der Waals surface area contributed by atoms with Crippen LogP contribution < -0.4 is 4.90 Å². The first-order valence-electron chi connectivity index (χ1n) is 4.22. The highest BCUT2D eigenvalue weighted by atomic mass is 32.1. The van der Waals surface area contributed by atoms with E-state index in [2.05, 4.69) is 15.0 Å². The predicted octanol–water partition coefficient (Wildman–Crippen LogP) is 1.21. The lowest BCUT2D eigenvalue weighted by atomic mass is 10.4. The number of nitrogens with zero attached hydrogens (tertiary/aromatic N) is 4. The van der Waals surface area contributed by atoms with Gasteiger partial charge >= 0.3 is 0 Å². The van der Waals surface area contributed by atoms with Crippen LogP contribution >= 0.6 is 11.3 Å². The number of anilines is 1. The van der Waals surface area contributed by atoms with Crippen LogP contribution in [-0.2, 0) is 0 Å². The van der Waals surface area contributed by atoms with E-state index >= 15 is 0 Å². The number of aromatic nitrogens is 3. The third-order valence-electron chi connectivity index (χ3n) is 1.79. The fraction of sp³-hybridized carbons (Fsp3) is 0.111. The molecule has 2 rings (SSSR count). The topological polar surface area (TPSA) is 59.0 Å². The molecule has 1 amide bonds. The van der Waals surface area contributed by atoms with Crippen LogP contribution in [0.2, 0.25) is 0 Å². The standard InChI is InChI=1S/C9H8N4OS/c1-13(9-12-4-5-15-9)8(14)7-6-10-2-3-11-7/h2-6H,1H3. The summed E-state index contributed by atoms with van der Waals surface area (Å²) in [6.07, 6.45) is 6.11. The van der Waals surface area contributed by atoms with E-state index in [0.29, 0.717) is 10.8 Å². The van der Waals surface area contributed by atoms with E-state index in [1.54, 1.807) is 13.2 Å². The van der Waals surface area contributed by atoms with E-state index in [9.17, 15) is 4.79 Å². The minimum Gasteiger partial charge on any atom is -0.286 e. The lowest BCUT2D eigenvalue weighted by Gasteiger charge is -2.12. The van der Waals surface area contributed by atoms with E-state index in [0.717, 1.165) is 0 Å². The van der Waals surface area contributed by atoms with Crippen LogP contribution in [-0.4, -0.2) is 27.9 Å². The molecule has 0 bridgehead atoms. The van der Waals surface area contributed by atoms with Gasteiger partial charge in [0.05, 0.1) is 6.20 Å². The molecular weight excluding hydrogens is 212 g/mol. The number of carbonyl (C=O) groups excluding carboxylic acids is 1. The second kappa shape index (κ2) is 4.14. The molecule has 0 aliphatic rings. The quantitative estimate of drug-likeness (QED) is 0.763. The Balaban J connectivity index is 2.23. The van der Waals surface area contributed by atoms with Gasteiger partial charge in [0, 0.05) is 31.0 Å². The zero-order valence-electron chi connectivity index (χ0n) is 7.99. The van der Waals surface area contributed by atoms with Crippen molar-refractivity contribution in [1.29, 1.82) is 0 Å². The van der Waals surface area contributed by atoms with Crippen molar-refractivity contribution in [2.45, 2.75) is 0 Å². The molecule has 0 radical (unpaired) electrons. The summed E-state index contributed by atoms with van der Waals surface area (Å²) < 4.78 is 0. The third kappa shape index (κ3) is 1.99. The molecule has 0 aromatic carbocycles. The fourth-order valence-corrected chi connectivity index (χ4v) is 1.66. The molecule has 0 saturated heterocycles. The Labute approximate surface area is 90.4 Å². The summed E-state index contributed by atoms with van der Waals surface area (Å²) in [5.74, 6) is -0.210. The summed E-state index contributed by atoms with van der Waals surface area (Å²) in [6, 6.07) is 0. The van der Waals surface area contributed by atoms with E-state index in [1.165, 1.54) is 34.8 Å². The smallest absolute Gasteiger partial charge is 0.279 e. The van der Waals surface area contributed by atoms with Crippen LogP contribution in [0.3, 0.4) is 0 Å². The highest BCUT2D eigenvalue weighted by Gasteiger charge is 2.16. The Morgan fingerprint density at radius 2 is 2.20 bits per heavy atom. The summed E-state index contributed by atoms with van der Waals surface area (Å²) in [7, 11) is 1.66. The number of amides is 1. The van der Waals surface area contributed by atoms with Gasteiger partial charge in [0.1, 0.15) is 5.69 Å². The number of carbonyl (C=O) groups is 1. The van der Waals surface area contributed by atoms with Crippen molar-refractivity contribution in [3.05, 3.63) is 35.9 Å². The molecule has 2 aromatic rings. The first-order chi connectivity index (χ1) is 7.29. The fourth-order valence-electron chi connectivity index (χ4n) is 1.05. The Morgan fingerprint density at radius 1 is 1.33 bits per heavy atom. The summed E-state index contributed by atoms with van der Waals surface area (Å²) in [5.41, 5.74) is 0.315. The second-order valence-electron chi connectivity index (χ2n) is 2.77. The Bertz CT molecular complexity index is 442. The average Bonchev–Trinajstić information content (AvgIpc) is 2.82. The van der Waals surface area contributed by atoms with Crippen LogP contribution in [0.25, 0.3) is 0 Å². The van der Waals surface area contributed by atoms with Crippen LogP contribution in [0.4, 0.5) is 5.13 Å². The molecule has 0 saturated carbocycles. The van der Waals surface area contributed by atoms with Crippen molar-refractivity contribution in [3.8, 4) is 0 Å². The second-order valence-corrected chi connectivity index (χ2v) is 3.64. The molecule has 76 valence electrons. The molecule has 0 aliphatic heterocycles. The van der Waals surface area contributed by atoms with Crippen molar-refractivity contribution < 1.29 is 4.79 Å². The largest absolute Gasteiger partial charge is 0.286 e. The summed E-state index contributed by atoms with van der Waals surface area (Å²) in [4.78, 5) is 25.1. The minimum absolute atomic E-state index is 0.210. The van der Waals surface area contributed by atoms with Crippen LogP contribution in [0.1, 0.15) is 10.5 Å². The maximum Gasteiger partial charge on any atom is 0.279 e. The van der Waals surface area contributed by atoms with Gasteiger partial charge in [0.25, 0.3) is 5.91 Å². The van der Waals surface area contributed by atoms with Gasteiger partial charge in [-0.05, 0) is 0 Å². The minimum atomic E-state index is -0.210. The average molecular weight is 220 g/mol. The number of hydrogen-bond acceptors (Lipinski definition) is 5. The summed E-state index contributed by atoms with van der Waals surface area (Å²) in [5, 5.41) is 2.46. The van der Waals surface area contributed by atoms with Crippen molar-refractivity contribution in [3.63, 3.8) is 0 Å². The predicted molar refractivity (Wildman–Crippen MR) is 56.9 cm³/mol. The van der Waals surface area contributed by atoms with Gasteiger partial charge in [-0.2, -0.15) is 0 Å². The molecule has 2 aromatic heterocycles. The first kappa shape index (κ1) is 9.72. The van der Waals surface area contributed by atoms with Gasteiger partial charge < -0.3 is 0 Å². The molecule has 2 heterocycles. The number of hydrogen-bond donors (Lipinski definition) is 0. The van der Waals surface area contributed by atoms with E-state index in [4.69, 9.17) is 0 Å². The molecule has 6 heteroatoms. The number of thiazole rings is 1. The van der Waals surface area contributed by atoms with E-state index in [-0.39, 0.29) is 5.91 Å². The van der Waals surface area contributed by atoms with Gasteiger partial charge in [-0.3, -0.25) is 14.7 Å². The molecule has 0 unspecified atom stereocenters. The number of rotatable bonds is 2. The molecule has 0 N–H and O–H groups in total. The molecule has 0 aliphatic carbocycles. The molecule has 0 fully saturated rings. The maximum atomic E-state index is 11.8. The molecule has 0 atom stereocenters.